The van der Waals surface area contributed by atoms with Gasteiger partial charge in [0.05, 0.1) is 6.54 Å². The first-order chi connectivity index (χ1) is 13.0. The van der Waals surface area contributed by atoms with Crippen LogP contribution in [0.3, 0.4) is 0 Å². The lowest BCUT2D eigenvalue weighted by Crippen LogP contribution is -2.46. The van der Waals surface area contributed by atoms with E-state index in [0.717, 1.165) is 37.6 Å². The number of likely N-dealkylation sites (tertiary alicyclic amines) is 1. The number of guanidine groups is 1. The minimum Gasteiger partial charge on any atom is -0.492 e. The minimum absolute atomic E-state index is 0.134. The van der Waals surface area contributed by atoms with Crippen molar-refractivity contribution < 1.29 is 9.53 Å². The summed E-state index contributed by atoms with van der Waals surface area (Å²) in [6.07, 6.45) is 2.67. The van der Waals surface area contributed by atoms with Crippen LogP contribution in [0.25, 0.3) is 0 Å². The standard InChI is InChI=1S/C21H34N4O2/c1-16(2)18-5-7-19(8-6-18)27-14-11-24-21(23-4)25-12-9-17(10-13-25)15-20(26)22-3/h5-8,16-17H,9-15H2,1-4H3,(H,22,26)(H,23,24). The van der Waals surface area contributed by atoms with Crippen molar-refractivity contribution in [2.24, 2.45) is 10.9 Å². The lowest BCUT2D eigenvalue weighted by atomic mass is 9.93. The Morgan fingerprint density at radius 1 is 1.26 bits per heavy atom. The van der Waals surface area contributed by atoms with Crippen LogP contribution < -0.4 is 15.4 Å². The van der Waals surface area contributed by atoms with Gasteiger partial charge in [0.25, 0.3) is 0 Å². The lowest BCUT2D eigenvalue weighted by Gasteiger charge is -2.34. The average molecular weight is 375 g/mol. The summed E-state index contributed by atoms with van der Waals surface area (Å²) in [5, 5.41) is 6.09. The van der Waals surface area contributed by atoms with Crippen molar-refractivity contribution in [3.63, 3.8) is 0 Å². The molecule has 0 spiro atoms. The fraction of sp³-hybridized carbons (Fsp3) is 0.619. The molecule has 1 heterocycles. The number of piperidine rings is 1. The number of aliphatic imine (C=N–C) groups is 1. The Bertz CT molecular complexity index is 605. The van der Waals surface area contributed by atoms with E-state index < -0.39 is 0 Å². The maximum absolute atomic E-state index is 11.5. The minimum atomic E-state index is 0.134. The highest BCUT2D eigenvalue weighted by Gasteiger charge is 2.22. The van der Waals surface area contributed by atoms with Gasteiger partial charge in [-0.15, -0.1) is 0 Å². The molecular weight excluding hydrogens is 340 g/mol. The molecule has 0 atom stereocenters. The van der Waals surface area contributed by atoms with Gasteiger partial charge in [-0.25, -0.2) is 0 Å². The molecule has 1 amide bonds. The number of ether oxygens (including phenoxy) is 1. The van der Waals surface area contributed by atoms with E-state index in [-0.39, 0.29) is 5.91 Å². The molecule has 6 heteroatoms. The summed E-state index contributed by atoms with van der Waals surface area (Å²) in [7, 11) is 3.51. The smallest absolute Gasteiger partial charge is 0.220 e. The summed E-state index contributed by atoms with van der Waals surface area (Å²) >= 11 is 0. The Hall–Kier alpha value is -2.24. The highest BCUT2D eigenvalue weighted by molar-refractivity contribution is 5.80. The number of rotatable bonds is 7. The summed E-state index contributed by atoms with van der Waals surface area (Å²) in [5.74, 6) is 2.94. The quantitative estimate of drug-likeness (QED) is 0.437. The maximum Gasteiger partial charge on any atom is 0.220 e. The third kappa shape index (κ3) is 6.77. The van der Waals surface area contributed by atoms with Crippen molar-refractivity contribution in [2.75, 3.05) is 40.3 Å². The van der Waals surface area contributed by atoms with Crippen LogP contribution in [-0.4, -0.2) is 57.1 Å². The first-order valence-electron chi connectivity index (χ1n) is 9.92. The van der Waals surface area contributed by atoms with Crippen LogP contribution in [0.4, 0.5) is 0 Å². The van der Waals surface area contributed by atoms with Gasteiger partial charge in [0.2, 0.25) is 5.91 Å². The second-order valence-electron chi connectivity index (χ2n) is 7.35. The second-order valence-corrected chi connectivity index (χ2v) is 7.35. The Morgan fingerprint density at radius 3 is 2.48 bits per heavy atom. The third-order valence-electron chi connectivity index (χ3n) is 5.08. The molecule has 0 radical (unpaired) electrons. The normalized spacial score (nSPS) is 15.7. The van der Waals surface area contributed by atoms with Gasteiger partial charge in [-0.05, 0) is 42.4 Å². The van der Waals surface area contributed by atoms with Gasteiger partial charge >= 0.3 is 0 Å². The van der Waals surface area contributed by atoms with E-state index in [1.54, 1.807) is 7.05 Å². The van der Waals surface area contributed by atoms with Gasteiger partial charge in [0, 0.05) is 33.6 Å². The molecule has 0 saturated carbocycles. The van der Waals surface area contributed by atoms with E-state index in [1.807, 2.05) is 19.2 Å². The zero-order valence-corrected chi connectivity index (χ0v) is 17.1. The van der Waals surface area contributed by atoms with Gasteiger partial charge in [0.15, 0.2) is 5.96 Å². The molecule has 2 N–H and O–H groups in total. The van der Waals surface area contributed by atoms with E-state index in [9.17, 15) is 4.79 Å². The summed E-state index contributed by atoms with van der Waals surface area (Å²) in [6, 6.07) is 8.30. The van der Waals surface area contributed by atoms with E-state index in [2.05, 4.69) is 46.5 Å². The maximum atomic E-state index is 11.5. The zero-order chi connectivity index (χ0) is 19.6. The number of carbonyl (C=O) groups is 1. The van der Waals surface area contributed by atoms with E-state index in [4.69, 9.17) is 4.74 Å². The topological polar surface area (TPSA) is 66.0 Å². The molecule has 1 fully saturated rings. The third-order valence-corrected chi connectivity index (χ3v) is 5.08. The molecule has 2 rings (SSSR count). The van der Waals surface area contributed by atoms with Crippen LogP contribution in [0, 0.1) is 5.92 Å². The number of hydrogen-bond acceptors (Lipinski definition) is 3. The fourth-order valence-electron chi connectivity index (χ4n) is 3.33. The number of benzene rings is 1. The van der Waals surface area contributed by atoms with Crippen LogP contribution in [0.1, 0.15) is 44.6 Å². The highest BCUT2D eigenvalue weighted by atomic mass is 16.5. The van der Waals surface area contributed by atoms with Gasteiger partial charge in [-0.2, -0.15) is 0 Å². The average Bonchev–Trinajstić information content (AvgIpc) is 2.69. The predicted octanol–water partition coefficient (Wildman–Crippen LogP) is 2.61. The molecule has 27 heavy (non-hydrogen) atoms. The largest absolute Gasteiger partial charge is 0.492 e. The first kappa shape index (κ1) is 21.1. The molecule has 6 nitrogen and oxygen atoms in total. The monoisotopic (exact) mass is 374 g/mol. The van der Waals surface area contributed by atoms with Crippen molar-refractivity contribution in [1.82, 2.24) is 15.5 Å². The highest BCUT2D eigenvalue weighted by Crippen LogP contribution is 2.20. The van der Waals surface area contributed by atoms with Crippen LogP contribution in [-0.2, 0) is 4.79 Å². The molecule has 0 unspecified atom stereocenters. The van der Waals surface area contributed by atoms with Crippen molar-refractivity contribution in [1.29, 1.82) is 0 Å². The summed E-state index contributed by atoms with van der Waals surface area (Å²) in [6.45, 7) is 7.53. The molecular formula is C21H34N4O2. The zero-order valence-electron chi connectivity index (χ0n) is 17.1. The summed E-state index contributed by atoms with van der Waals surface area (Å²) in [5.41, 5.74) is 1.32. The number of hydrogen-bond donors (Lipinski definition) is 2. The molecule has 0 aromatic heterocycles. The Balaban J connectivity index is 1.69. The second kappa shape index (κ2) is 10.8. The molecule has 0 aliphatic carbocycles. The van der Waals surface area contributed by atoms with Gasteiger partial charge in [-0.1, -0.05) is 26.0 Å². The Morgan fingerprint density at radius 2 is 1.93 bits per heavy atom. The van der Waals surface area contributed by atoms with Crippen LogP contribution >= 0.6 is 0 Å². The lowest BCUT2D eigenvalue weighted by molar-refractivity contribution is -0.121. The van der Waals surface area contributed by atoms with E-state index in [0.29, 0.717) is 31.4 Å². The van der Waals surface area contributed by atoms with Crippen molar-refractivity contribution in [2.45, 2.75) is 39.0 Å². The van der Waals surface area contributed by atoms with E-state index in [1.165, 1.54) is 5.56 Å². The number of amides is 1. The molecule has 1 aromatic rings. The molecule has 1 aliphatic rings. The summed E-state index contributed by atoms with van der Waals surface area (Å²) < 4.78 is 5.82. The number of carbonyl (C=O) groups excluding carboxylic acids is 1. The Labute approximate surface area is 163 Å². The molecule has 0 bridgehead atoms. The van der Waals surface area contributed by atoms with Gasteiger partial charge in [-0.3, -0.25) is 9.79 Å². The van der Waals surface area contributed by atoms with Crippen molar-refractivity contribution in [3.8, 4) is 5.75 Å². The molecule has 150 valence electrons. The molecule has 1 aliphatic heterocycles. The van der Waals surface area contributed by atoms with Crippen LogP contribution in [0.2, 0.25) is 0 Å². The van der Waals surface area contributed by atoms with Crippen LogP contribution in [0.15, 0.2) is 29.3 Å². The van der Waals surface area contributed by atoms with Crippen LogP contribution in [0.5, 0.6) is 5.75 Å². The van der Waals surface area contributed by atoms with E-state index >= 15 is 0 Å². The van der Waals surface area contributed by atoms with Gasteiger partial charge < -0.3 is 20.3 Å². The van der Waals surface area contributed by atoms with Crippen molar-refractivity contribution in [3.05, 3.63) is 29.8 Å². The van der Waals surface area contributed by atoms with Crippen molar-refractivity contribution >= 4 is 11.9 Å². The fourth-order valence-corrected chi connectivity index (χ4v) is 3.33. The predicted molar refractivity (Wildman–Crippen MR) is 110 cm³/mol. The SMILES string of the molecule is CN=C(NCCOc1ccc(C(C)C)cc1)N1CCC(CC(=O)NC)CC1. The Kier molecular flexibility index (Phi) is 8.43. The molecule has 1 aromatic carbocycles. The summed E-state index contributed by atoms with van der Waals surface area (Å²) in [4.78, 5) is 18.2. The number of nitrogens with zero attached hydrogens (tertiary/aromatic N) is 2. The first-order valence-corrected chi connectivity index (χ1v) is 9.92. The molecule has 1 saturated heterocycles. The number of nitrogens with one attached hydrogen (secondary N) is 2. The van der Waals surface area contributed by atoms with Gasteiger partial charge in [0.1, 0.15) is 12.4 Å².